The van der Waals surface area contributed by atoms with Crippen LogP contribution in [0, 0.1) is 13.8 Å². The Balaban J connectivity index is 1.74. The summed E-state index contributed by atoms with van der Waals surface area (Å²) in [5.74, 6) is -0.106. The lowest BCUT2D eigenvalue weighted by Crippen LogP contribution is -2.22. The lowest BCUT2D eigenvalue weighted by Gasteiger charge is -2.04. The fourth-order valence-electron chi connectivity index (χ4n) is 1.92. The molecule has 0 spiro atoms. The van der Waals surface area contributed by atoms with E-state index in [1.165, 1.54) is 0 Å². The second-order valence-electron chi connectivity index (χ2n) is 4.39. The van der Waals surface area contributed by atoms with Crippen molar-refractivity contribution in [2.75, 3.05) is 0 Å². The summed E-state index contributed by atoms with van der Waals surface area (Å²) < 4.78 is 8.26. The van der Waals surface area contributed by atoms with E-state index in [1.807, 2.05) is 19.9 Å². The van der Waals surface area contributed by atoms with Crippen LogP contribution in [0.1, 0.15) is 25.9 Å². The van der Waals surface area contributed by atoms with Crippen molar-refractivity contribution in [2.24, 2.45) is 0 Å². The summed E-state index contributed by atoms with van der Waals surface area (Å²) in [5, 5.41) is 3.93. The van der Waals surface area contributed by atoms with Gasteiger partial charge >= 0.3 is 0 Å². The van der Waals surface area contributed by atoms with Crippen LogP contribution >= 0.6 is 23.1 Å². The van der Waals surface area contributed by atoms with Crippen LogP contribution < -0.4 is 5.32 Å². The monoisotopic (exact) mass is 304 g/mol. The molecule has 1 N–H and O–H groups in total. The van der Waals surface area contributed by atoms with Crippen molar-refractivity contribution in [1.29, 1.82) is 0 Å². The molecular formula is C13H12N4OS2. The SMILES string of the molecule is Cc1nc(C)c(CNC(=O)c2ccc3nsnc3c2)s1. The maximum atomic E-state index is 12.1. The number of rotatable bonds is 3. The highest BCUT2D eigenvalue weighted by Crippen LogP contribution is 2.17. The summed E-state index contributed by atoms with van der Waals surface area (Å²) in [6.45, 7) is 4.42. The molecule has 7 heteroatoms. The Hall–Kier alpha value is -1.86. The van der Waals surface area contributed by atoms with Gasteiger partial charge in [0.15, 0.2) is 0 Å². The third-order valence-corrected chi connectivity index (χ3v) is 4.55. The summed E-state index contributed by atoms with van der Waals surface area (Å²) in [5.41, 5.74) is 3.16. The van der Waals surface area contributed by atoms with Crippen LogP contribution in [-0.2, 0) is 6.54 Å². The fraction of sp³-hybridized carbons (Fsp3) is 0.231. The Kier molecular flexibility index (Phi) is 3.45. The van der Waals surface area contributed by atoms with E-state index in [4.69, 9.17) is 0 Å². The van der Waals surface area contributed by atoms with Gasteiger partial charge in [-0.15, -0.1) is 11.3 Å². The van der Waals surface area contributed by atoms with Gasteiger partial charge in [0.2, 0.25) is 0 Å². The van der Waals surface area contributed by atoms with E-state index in [9.17, 15) is 4.79 Å². The highest BCUT2D eigenvalue weighted by Gasteiger charge is 2.10. The first-order valence-electron chi connectivity index (χ1n) is 6.07. The molecule has 3 aromatic rings. The number of hydrogen-bond acceptors (Lipinski definition) is 6. The predicted octanol–water partition coefficient (Wildman–Crippen LogP) is 2.69. The van der Waals surface area contributed by atoms with Crippen LogP contribution in [0.25, 0.3) is 11.0 Å². The molecule has 1 amide bonds. The first-order chi connectivity index (χ1) is 9.63. The number of carbonyl (C=O) groups excluding carboxylic acids is 1. The largest absolute Gasteiger partial charge is 0.347 e. The molecule has 2 heterocycles. The normalized spacial score (nSPS) is 10.9. The van der Waals surface area contributed by atoms with Gasteiger partial charge in [0.05, 0.1) is 29.0 Å². The van der Waals surface area contributed by atoms with Crippen molar-refractivity contribution in [2.45, 2.75) is 20.4 Å². The third kappa shape index (κ3) is 2.54. The van der Waals surface area contributed by atoms with Crippen LogP contribution in [0.4, 0.5) is 0 Å². The first-order valence-corrected chi connectivity index (χ1v) is 7.61. The molecule has 0 unspecified atom stereocenters. The van der Waals surface area contributed by atoms with Gasteiger partial charge in [0.1, 0.15) is 11.0 Å². The summed E-state index contributed by atoms with van der Waals surface area (Å²) >= 11 is 2.76. The first kappa shape index (κ1) is 13.1. The van der Waals surface area contributed by atoms with Crippen LogP contribution in [0.15, 0.2) is 18.2 Å². The number of nitrogens with zero attached hydrogens (tertiary/aromatic N) is 3. The van der Waals surface area contributed by atoms with Gasteiger partial charge in [-0.25, -0.2) is 4.98 Å². The Labute approximate surface area is 124 Å². The molecule has 0 atom stereocenters. The van der Waals surface area contributed by atoms with Crippen LogP contribution in [0.5, 0.6) is 0 Å². The molecule has 0 fully saturated rings. The van der Waals surface area contributed by atoms with E-state index in [1.54, 1.807) is 23.5 Å². The Morgan fingerprint density at radius 3 is 2.80 bits per heavy atom. The number of fused-ring (bicyclic) bond motifs is 1. The zero-order valence-electron chi connectivity index (χ0n) is 11.0. The minimum Gasteiger partial charge on any atom is -0.347 e. The molecule has 1 aromatic carbocycles. The maximum absolute atomic E-state index is 12.1. The minimum absolute atomic E-state index is 0.106. The van der Waals surface area contributed by atoms with Crippen molar-refractivity contribution in [3.63, 3.8) is 0 Å². The third-order valence-electron chi connectivity index (χ3n) is 2.93. The molecular weight excluding hydrogens is 292 g/mol. The van der Waals surface area contributed by atoms with Gasteiger partial charge < -0.3 is 5.32 Å². The predicted molar refractivity (Wildman–Crippen MR) is 80.2 cm³/mol. The van der Waals surface area contributed by atoms with Gasteiger partial charge in [0.25, 0.3) is 5.91 Å². The maximum Gasteiger partial charge on any atom is 0.251 e. The van der Waals surface area contributed by atoms with Gasteiger partial charge in [0, 0.05) is 10.4 Å². The fourth-order valence-corrected chi connectivity index (χ4v) is 3.32. The molecule has 20 heavy (non-hydrogen) atoms. The molecule has 102 valence electrons. The molecule has 0 aliphatic rings. The number of amides is 1. The zero-order chi connectivity index (χ0) is 14.1. The van der Waals surface area contributed by atoms with E-state index in [2.05, 4.69) is 19.0 Å². The molecule has 3 rings (SSSR count). The van der Waals surface area contributed by atoms with E-state index in [0.29, 0.717) is 12.1 Å². The topological polar surface area (TPSA) is 67.8 Å². The van der Waals surface area contributed by atoms with Crippen molar-refractivity contribution >= 4 is 40.0 Å². The van der Waals surface area contributed by atoms with E-state index in [-0.39, 0.29) is 5.91 Å². The summed E-state index contributed by atoms with van der Waals surface area (Å²) in [7, 11) is 0. The van der Waals surface area contributed by atoms with Crippen molar-refractivity contribution in [3.05, 3.63) is 39.3 Å². The number of thiazole rings is 1. The number of aryl methyl sites for hydroxylation is 2. The van der Waals surface area contributed by atoms with E-state index < -0.39 is 0 Å². The molecule has 0 aliphatic carbocycles. The number of nitrogens with one attached hydrogen (secondary N) is 1. The lowest BCUT2D eigenvalue weighted by molar-refractivity contribution is 0.0951. The average molecular weight is 304 g/mol. The molecule has 0 saturated heterocycles. The molecule has 0 radical (unpaired) electrons. The van der Waals surface area contributed by atoms with E-state index in [0.717, 1.165) is 38.3 Å². The lowest BCUT2D eigenvalue weighted by atomic mass is 10.2. The summed E-state index contributed by atoms with van der Waals surface area (Å²) in [6.07, 6.45) is 0. The summed E-state index contributed by atoms with van der Waals surface area (Å²) in [4.78, 5) is 17.6. The van der Waals surface area contributed by atoms with Crippen LogP contribution in [-0.4, -0.2) is 19.6 Å². The van der Waals surface area contributed by atoms with Crippen molar-refractivity contribution in [3.8, 4) is 0 Å². The molecule has 2 aromatic heterocycles. The Bertz CT molecular complexity index is 778. The summed E-state index contributed by atoms with van der Waals surface area (Å²) in [6, 6.07) is 5.35. The van der Waals surface area contributed by atoms with Gasteiger partial charge in [-0.3, -0.25) is 4.79 Å². The highest BCUT2D eigenvalue weighted by molar-refractivity contribution is 7.11. The second-order valence-corrected chi connectivity index (χ2v) is 6.21. The Morgan fingerprint density at radius 1 is 1.25 bits per heavy atom. The van der Waals surface area contributed by atoms with Crippen LogP contribution in [0.2, 0.25) is 0 Å². The second kappa shape index (κ2) is 5.26. The smallest absolute Gasteiger partial charge is 0.251 e. The molecule has 0 saturated carbocycles. The number of aromatic nitrogens is 3. The van der Waals surface area contributed by atoms with Crippen molar-refractivity contribution in [1.82, 2.24) is 19.0 Å². The quantitative estimate of drug-likeness (QED) is 0.808. The van der Waals surface area contributed by atoms with Gasteiger partial charge in [-0.05, 0) is 32.0 Å². The van der Waals surface area contributed by atoms with Gasteiger partial charge in [-0.1, -0.05) is 0 Å². The highest BCUT2D eigenvalue weighted by atomic mass is 32.1. The molecule has 5 nitrogen and oxygen atoms in total. The Morgan fingerprint density at radius 2 is 2.05 bits per heavy atom. The molecule has 0 aliphatic heterocycles. The van der Waals surface area contributed by atoms with Crippen LogP contribution in [0.3, 0.4) is 0 Å². The molecule has 0 bridgehead atoms. The number of hydrogen-bond donors (Lipinski definition) is 1. The average Bonchev–Trinajstić information content (AvgIpc) is 3.01. The number of carbonyl (C=O) groups is 1. The van der Waals surface area contributed by atoms with E-state index >= 15 is 0 Å². The standard InChI is InChI=1S/C13H12N4OS2/c1-7-12(19-8(2)15-7)6-14-13(18)9-3-4-10-11(5-9)17-20-16-10/h3-5H,6H2,1-2H3,(H,14,18). The van der Waals surface area contributed by atoms with Gasteiger partial charge in [-0.2, -0.15) is 8.75 Å². The minimum atomic E-state index is -0.106. The number of benzene rings is 1. The zero-order valence-corrected chi connectivity index (χ0v) is 12.6. The van der Waals surface area contributed by atoms with Crippen molar-refractivity contribution < 1.29 is 4.79 Å².